The summed E-state index contributed by atoms with van der Waals surface area (Å²) in [5.74, 6) is -0.0797. The predicted molar refractivity (Wildman–Crippen MR) is 106 cm³/mol. The number of ether oxygens (including phenoxy) is 3. The summed E-state index contributed by atoms with van der Waals surface area (Å²) in [6.45, 7) is 0.783. The van der Waals surface area contributed by atoms with E-state index in [0.29, 0.717) is 34.7 Å². The van der Waals surface area contributed by atoms with Crippen molar-refractivity contribution in [3.05, 3.63) is 46.4 Å². The summed E-state index contributed by atoms with van der Waals surface area (Å²) in [4.78, 5) is 10.6. The van der Waals surface area contributed by atoms with Crippen molar-refractivity contribution in [2.45, 2.75) is 4.90 Å². The fraction of sp³-hybridized carbons (Fsp3) is 0.167. The average molecular weight is 470 g/mol. The van der Waals surface area contributed by atoms with Gasteiger partial charge in [-0.05, 0) is 39.7 Å². The number of nitrogens with one attached hydrogen (secondary N) is 1. The van der Waals surface area contributed by atoms with Crippen molar-refractivity contribution >= 4 is 43.7 Å². The van der Waals surface area contributed by atoms with Crippen molar-refractivity contribution < 1.29 is 32.5 Å². The van der Waals surface area contributed by atoms with Gasteiger partial charge in [0.25, 0.3) is 10.0 Å². The van der Waals surface area contributed by atoms with Crippen LogP contribution in [-0.4, -0.2) is 39.8 Å². The number of carboxylic acids is 1. The lowest BCUT2D eigenvalue weighted by Crippen LogP contribution is -2.17. The Morgan fingerprint density at radius 1 is 1.21 bits per heavy atom. The molecule has 0 fully saturated rings. The molecule has 0 radical (unpaired) electrons. The third kappa shape index (κ3) is 4.39. The van der Waals surface area contributed by atoms with Crippen LogP contribution >= 0.6 is 15.9 Å². The first-order valence-electron chi connectivity index (χ1n) is 8.01. The van der Waals surface area contributed by atoms with Gasteiger partial charge >= 0.3 is 5.97 Å². The second-order valence-corrected chi connectivity index (χ2v) is 8.17. The van der Waals surface area contributed by atoms with Crippen LogP contribution in [0.3, 0.4) is 0 Å². The van der Waals surface area contributed by atoms with Gasteiger partial charge in [0.2, 0.25) is 0 Å². The number of hydrogen-bond donors (Lipinski definition) is 2. The molecule has 0 bridgehead atoms. The fourth-order valence-corrected chi connectivity index (χ4v) is 4.34. The lowest BCUT2D eigenvalue weighted by molar-refractivity contribution is -0.131. The number of fused-ring (bicyclic) bond motifs is 1. The second kappa shape index (κ2) is 8.11. The van der Waals surface area contributed by atoms with Gasteiger partial charge in [-0.3, -0.25) is 4.72 Å². The molecule has 0 atom stereocenters. The molecule has 1 aliphatic heterocycles. The topological polar surface area (TPSA) is 111 Å². The number of aliphatic carboxylic acids is 1. The molecule has 0 aromatic heterocycles. The number of benzene rings is 2. The Labute approximate surface area is 169 Å². The molecule has 1 aliphatic rings. The van der Waals surface area contributed by atoms with Gasteiger partial charge in [0.1, 0.15) is 23.9 Å². The lowest BCUT2D eigenvalue weighted by Gasteiger charge is -2.20. The maximum Gasteiger partial charge on any atom is 0.328 e. The van der Waals surface area contributed by atoms with Gasteiger partial charge in [-0.25, -0.2) is 13.2 Å². The minimum absolute atomic E-state index is 0.119. The Hall–Kier alpha value is -2.72. The minimum Gasteiger partial charge on any atom is -0.495 e. The average Bonchev–Trinajstić information content (AvgIpc) is 2.66. The van der Waals surface area contributed by atoms with Gasteiger partial charge in [0.05, 0.1) is 12.8 Å². The molecule has 0 spiro atoms. The third-order valence-corrected chi connectivity index (χ3v) is 5.81. The molecule has 10 heteroatoms. The molecule has 0 saturated heterocycles. The highest BCUT2D eigenvalue weighted by molar-refractivity contribution is 9.10. The zero-order valence-corrected chi connectivity index (χ0v) is 17.0. The van der Waals surface area contributed by atoms with E-state index in [-0.39, 0.29) is 16.3 Å². The van der Waals surface area contributed by atoms with E-state index in [1.54, 1.807) is 12.1 Å². The summed E-state index contributed by atoms with van der Waals surface area (Å²) in [7, 11) is -2.70. The lowest BCUT2D eigenvalue weighted by atomic mass is 10.2. The van der Waals surface area contributed by atoms with Crippen molar-refractivity contribution in [1.29, 1.82) is 0 Å². The maximum absolute atomic E-state index is 13.0. The largest absolute Gasteiger partial charge is 0.495 e. The van der Waals surface area contributed by atoms with Gasteiger partial charge in [-0.15, -0.1) is 0 Å². The fourth-order valence-electron chi connectivity index (χ4n) is 2.52. The van der Waals surface area contributed by atoms with E-state index >= 15 is 0 Å². The van der Waals surface area contributed by atoms with Crippen molar-refractivity contribution in [2.75, 3.05) is 25.0 Å². The number of carbonyl (C=O) groups is 1. The van der Waals surface area contributed by atoms with Crippen molar-refractivity contribution in [1.82, 2.24) is 0 Å². The molecule has 3 rings (SSSR count). The second-order valence-electron chi connectivity index (χ2n) is 5.66. The van der Waals surface area contributed by atoms with Crippen molar-refractivity contribution in [2.24, 2.45) is 0 Å². The van der Waals surface area contributed by atoms with E-state index in [4.69, 9.17) is 19.3 Å². The highest BCUT2D eigenvalue weighted by atomic mass is 79.9. The SMILES string of the molecule is COc1ccc(/C=C/C(=O)O)cc1S(=O)(=O)Nc1cc2c(cc1Br)OCCO2. The monoisotopic (exact) mass is 469 g/mol. The highest BCUT2D eigenvalue weighted by Gasteiger charge is 2.23. The van der Waals surface area contributed by atoms with Crippen LogP contribution in [0.15, 0.2) is 45.8 Å². The van der Waals surface area contributed by atoms with Crippen molar-refractivity contribution in [3.8, 4) is 17.2 Å². The summed E-state index contributed by atoms with van der Waals surface area (Å²) in [5, 5.41) is 8.76. The molecule has 2 aromatic carbocycles. The Morgan fingerprint density at radius 3 is 2.54 bits per heavy atom. The molecular weight excluding hydrogens is 454 g/mol. The quantitative estimate of drug-likeness (QED) is 0.624. The first-order chi connectivity index (χ1) is 13.3. The van der Waals surface area contributed by atoms with Gasteiger partial charge in [-0.1, -0.05) is 6.07 Å². The van der Waals surface area contributed by atoms with Crippen LogP contribution in [0.4, 0.5) is 5.69 Å². The highest BCUT2D eigenvalue weighted by Crippen LogP contribution is 2.39. The molecule has 1 heterocycles. The number of halogens is 1. The first kappa shape index (κ1) is 20.0. The van der Waals surface area contributed by atoms with E-state index in [2.05, 4.69) is 20.7 Å². The summed E-state index contributed by atoms with van der Waals surface area (Å²) >= 11 is 3.32. The van der Waals surface area contributed by atoms with E-state index in [1.807, 2.05) is 0 Å². The number of methoxy groups -OCH3 is 1. The van der Waals surface area contributed by atoms with Crippen molar-refractivity contribution in [3.63, 3.8) is 0 Å². The molecule has 2 aromatic rings. The minimum atomic E-state index is -4.05. The van der Waals surface area contributed by atoms with Crippen LogP contribution in [0.1, 0.15) is 5.56 Å². The van der Waals surface area contributed by atoms with E-state index < -0.39 is 16.0 Å². The van der Waals surface area contributed by atoms with E-state index in [9.17, 15) is 13.2 Å². The molecule has 0 amide bonds. The normalized spacial score (nSPS) is 13.4. The Kier molecular flexibility index (Phi) is 5.80. The zero-order chi connectivity index (χ0) is 20.3. The molecule has 0 unspecified atom stereocenters. The molecule has 148 valence electrons. The molecule has 0 aliphatic carbocycles. The summed E-state index contributed by atoms with van der Waals surface area (Å²) in [5.41, 5.74) is 0.655. The summed E-state index contributed by atoms with van der Waals surface area (Å²) in [6, 6.07) is 7.48. The van der Waals surface area contributed by atoms with Crippen LogP contribution in [0.25, 0.3) is 6.08 Å². The molecular formula is C18H16BrNO7S. The van der Waals surface area contributed by atoms with Crippen LogP contribution in [0.2, 0.25) is 0 Å². The van der Waals surface area contributed by atoms with Crippen LogP contribution in [-0.2, 0) is 14.8 Å². The molecule has 0 saturated carbocycles. The number of carboxylic acid groups (broad SMARTS) is 1. The molecule has 28 heavy (non-hydrogen) atoms. The summed E-state index contributed by atoms with van der Waals surface area (Å²) in [6.07, 6.45) is 2.21. The van der Waals surface area contributed by atoms with Crippen LogP contribution in [0.5, 0.6) is 17.2 Å². The summed E-state index contributed by atoms with van der Waals surface area (Å²) < 4.78 is 45.0. The maximum atomic E-state index is 13.0. The standard InChI is InChI=1S/C18H16BrNO7S/c1-25-14-4-2-11(3-5-18(21)22)8-17(14)28(23,24)20-13-10-16-15(9-12(13)19)26-6-7-27-16/h2-5,8-10,20H,6-7H2,1H3,(H,21,22)/b5-3+. The first-order valence-corrected chi connectivity index (χ1v) is 10.3. The molecule has 2 N–H and O–H groups in total. The smallest absolute Gasteiger partial charge is 0.328 e. The van der Waals surface area contributed by atoms with Gasteiger partial charge < -0.3 is 19.3 Å². The van der Waals surface area contributed by atoms with Gasteiger partial charge in [0, 0.05) is 22.7 Å². The zero-order valence-electron chi connectivity index (χ0n) is 14.6. The number of rotatable bonds is 6. The van der Waals surface area contributed by atoms with Gasteiger partial charge in [-0.2, -0.15) is 0 Å². The number of sulfonamides is 1. The Balaban J connectivity index is 1.99. The Morgan fingerprint density at radius 2 is 1.89 bits per heavy atom. The Bertz CT molecular complexity index is 1050. The van der Waals surface area contributed by atoms with Crippen LogP contribution < -0.4 is 18.9 Å². The predicted octanol–water partition coefficient (Wildman–Crippen LogP) is 3.13. The number of anilines is 1. The third-order valence-electron chi connectivity index (χ3n) is 3.77. The molecule has 8 nitrogen and oxygen atoms in total. The number of hydrogen-bond acceptors (Lipinski definition) is 6. The van der Waals surface area contributed by atoms with Gasteiger partial charge in [0.15, 0.2) is 11.5 Å². The van der Waals surface area contributed by atoms with E-state index in [0.717, 1.165) is 6.08 Å². The van der Waals surface area contributed by atoms with Crippen LogP contribution in [0, 0.1) is 0 Å². The van der Waals surface area contributed by atoms with E-state index in [1.165, 1.54) is 31.4 Å².